The van der Waals surface area contributed by atoms with E-state index in [1.807, 2.05) is 6.92 Å². The van der Waals surface area contributed by atoms with Gasteiger partial charge in [0.25, 0.3) is 0 Å². The predicted octanol–water partition coefficient (Wildman–Crippen LogP) is 1.45. The Kier molecular flexibility index (Phi) is 4.25. The number of furan rings is 1. The first-order valence-electron chi connectivity index (χ1n) is 5.84. The van der Waals surface area contributed by atoms with Gasteiger partial charge < -0.3 is 14.5 Å². The summed E-state index contributed by atoms with van der Waals surface area (Å²) in [4.78, 5) is 19.6. The minimum Gasteiger partial charge on any atom is -0.463 e. The molecule has 2 rings (SSSR count). The maximum absolute atomic E-state index is 11.2. The van der Waals surface area contributed by atoms with E-state index in [9.17, 15) is 4.79 Å². The van der Waals surface area contributed by atoms with Crippen LogP contribution in [-0.4, -0.2) is 23.0 Å². The van der Waals surface area contributed by atoms with E-state index in [0.29, 0.717) is 18.8 Å². The smallest absolute Gasteiger partial charge is 0.373 e. The van der Waals surface area contributed by atoms with Gasteiger partial charge in [-0.25, -0.2) is 4.79 Å². The van der Waals surface area contributed by atoms with Crippen molar-refractivity contribution in [3.63, 3.8) is 0 Å². The fourth-order valence-corrected chi connectivity index (χ4v) is 1.51. The monoisotopic (exact) mass is 261 g/mol. The quantitative estimate of drug-likeness (QED) is 0.821. The fraction of sp³-hybridized carbons (Fsp3) is 0.308. The molecule has 6 heteroatoms. The van der Waals surface area contributed by atoms with Gasteiger partial charge in [0.05, 0.1) is 25.0 Å². The summed E-state index contributed by atoms with van der Waals surface area (Å²) in [7, 11) is 1.32. The summed E-state index contributed by atoms with van der Waals surface area (Å²) < 4.78 is 9.88. The summed E-state index contributed by atoms with van der Waals surface area (Å²) in [5.41, 5.74) is 1.74. The molecule has 0 spiro atoms. The molecule has 0 aliphatic carbocycles. The lowest BCUT2D eigenvalue weighted by Gasteiger charge is -2.02. The third-order valence-corrected chi connectivity index (χ3v) is 2.49. The topological polar surface area (TPSA) is 77.2 Å². The Balaban J connectivity index is 1.84. The standard InChI is InChI=1S/C13H15N3O3/c1-9-5-16-10(7-15-9)6-14-8-11-3-4-12(19-11)13(17)18-2/h3-5,7,14H,6,8H2,1-2H3. The first kappa shape index (κ1) is 13.2. The van der Waals surface area contributed by atoms with Gasteiger partial charge in [-0.2, -0.15) is 0 Å². The second-order valence-electron chi connectivity index (χ2n) is 4.01. The van der Waals surface area contributed by atoms with E-state index in [-0.39, 0.29) is 5.76 Å². The van der Waals surface area contributed by atoms with Gasteiger partial charge in [0.1, 0.15) is 5.76 Å². The Morgan fingerprint density at radius 2 is 2.16 bits per heavy atom. The summed E-state index contributed by atoms with van der Waals surface area (Å²) in [6.07, 6.45) is 3.45. The molecule has 0 amide bonds. The molecule has 100 valence electrons. The molecule has 1 N–H and O–H groups in total. The van der Waals surface area contributed by atoms with Gasteiger partial charge in [0, 0.05) is 18.9 Å². The molecule has 0 fully saturated rings. The van der Waals surface area contributed by atoms with Crippen LogP contribution in [-0.2, 0) is 17.8 Å². The number of carbonyl (C=O) groups is 1. The molecule has 0 aliphatic rings. The van der Waals surface area contributed by atoms with Crippen molar-refractivity contribution in [2.24, 2.45) is 0 Å². The van der Waals surface area contributed by atoms with Crippen LogP contribution in [0.1, 0.15) is 27.7 Å². The first-order valence-corrected chi connectivity index (χ1v) is 5.84. The normalized spacial score (nSPS) is 10.4. The zero-order valence-corrected chi connectivity index (χ0v) is 10.8. The number of aromatic nitrogens is 2. The molecule has 2 heterocycles. The summed E-state index contributed by atoms with van der Waals surface area (Å²) >= 11 is 0. The number of esters is 1. The second-order valence-corrected chi connectivity index (χ2v) is 4.01. The van der Waals surface area contributed by atoms with Crippen LogP contribution in [0.25, 0.3) is 0 Å². The molecule has 0 saturated heterocycles. The van der Waals surface area contributed by atoms with Crippen molar-refractivity contribution in [3.8, 4) is 0 Å². The maximum atomic E-state index is 11.2. The highest BCUT2D eigenvalue weighted by atomic mass is 16.5. The molecule has 0 aromatic carbocycles. The molecule has 6 nitrogen and oxygen atoms in total. The van der Waals surface area contributed by atoms with Gasteiger partial charge in [-0.15, -0.1) is 0 Å². The number of hydrogen-bond donors (Lipinski definition) is 1. The zero-order valence-electron chi connectivity index (χ0n) is 10.8. The molecular formula is C13H15N3O3. The van der Waals surface area contributed by atoms with E-state index in [2.05, 4.69) is 20.0 Å². The van der Waals surface area contributed by atoms with E-state index in [1.165, 1.54) is 7.11 Å². The summed E-state index contributed by atoms with van der Waals surface area (Å²) in [5.74, 6) is 0.394. The molecule has 0 bridgehead atoms. The van der Waals surface area contributed by atoms with Crippen molar-refractivity contribution < 1.29 is 13.9 Å². The van der Waals surface area contributed by atoms with Crippen LogP contribution >= 0.6 is 0 Å². The lowest BCUT2D eigenvalue weighted by atomic mass is 10.4. The molecule has 0 aliphatic heterocycles. The highest BCUT2D eigenvalue weighted by Crippen LogP contribution is 2.08. The van der Waals surface area contributed by atoms with Crippen LogP contribution in [0.15, 0.2) is 28.9 Å². The number of ether oxygens (including phenoxy) is 1. The van der Waals surface area contributed by atoms with Crippen LogP contribution in [0.5, 0.6) is 0 Å². The van der Waals surface area contributed by atoms with E-state index in [1.54, 1.807) is 24.5 Å². The SMILES string of the molecule is COC(=O)c1ccc(CNCc2cnc(C)cn2)o1. The largest absolute Gasteiger partial charge is 0.463 e. The lowest BCUT2D eigenvalue weighted by molar-refractivity contribution is 0.0563. The Labute approximate surface area is 110 Å². The average Bonchev–Trinajstić information content (AvgIpc) is 2.89. The predicted molar refractivity (Wildman–Crippen MR) is 67.4 cm³/mol. The Morgan fingerprint density at radius 1 is 1.32 bits per heavy atom. The second kappa shape index (κ2) is 6.10. The molecule has 19 heavy (non-hydrogen) atoms. The highest BCUT2D eigenvalue weighted by Gasteiger charge is 2.10. The van der Waals surface area contributed by atoms with Crippen molar-refractivity contribution in [2.45, 2.75) is 20.0 Å². The van der Waals surface area contributed by atoms with Crippen molar-refractivity contribution in [2.75, 3.05) is 7.11 Å². The highest BCUT2D eigenvalue weighted by molar-refractivity contribution is 5.86. The minimum absolute atomic E-state index is 0.203. The number of rotatable bonds is 5. The van der Waals surface area contributed by atoms with Gasteiger partial charge in [-0.3, -0.25) is 9.97 Å². The van der Waals surface area contributed by atoms with Gasteiger partial charge in [-0.1, -0.05) is 0 Å². The van der Waals surface area contributed by atoms with Crippen molar-refractivity contribution in [1.82, 2.24) is 15.3 Å². The Bertz CT molecular complexity index is 549. The molecule has 0 saturated carbocycles. The number of nitrogens with zero attached hydrogens (tertiary/aromatic N) is 2. The Hall–Kier alpha value is -2.21. The number of nitrogens with one attached hydrogen (secondary N) is 1. The zero-order chi connectivity index (χ0) is 13.7. The third kappa shape index (κ3) is 3.62. The van der Waals surface area contributed by atoms with Crippen molar-refractivity contribution in [3.05, 3.63) is 47.4 Å². The summed E-state index contributed by atoms with van der Waals surface area (Å²) in [5, 5.41) is 3.16. The molecule has 2 aromatic rings. The van der Waals surface area contributed by atoms with Crippen molar-refractivity contribution >= 4 is 5.97 Å². The molecule has 0 radical (unpaired) electrons. The third-order valence-electron chi connectivity index (χ3n) is 2.49. The molecule has 0 atom stereocenters. The number of hydrogen-bond acceptors (Lipinski definition) is 6. The molecular weight excluding hydrogens is 246 g/mol. The van der Waals surface area contributed by atoms with E-state index in [0.717, 1.165) is 11.4 Å². The number of aryl methyl sites for hydroxylation is 1. The van der Waals surface area contributed by atoms with E-state index < -0.39 is 5.97 Å². The maximum Gasteiger partial charge on any atom is 0.373 e. The van der Waals surface area contributed by atoms with Crippen LogP contribution in [0.2, 0.25) is 0 Å². The van der Waals surface area contributed by atoms with E-state index >= 15 is 0 Å². The van der Waals surface area contributed by atoms with Gasteiger partial charge in [0.15, 0.2) is 0 Å². The first-order chi connectivity index (χ1) is 9.19. The van der Waals surface area contributed by atoms with Crippen LogP contribution in [0.4, 0.5) is 0 Å². The van der Waals surface area contributed by atoms with Crippen LogP contribution in [0.3, 0.4) is 0 Å². The van der Waals surface area contributed by atoms with Crippen molar-refractivity contribution in [1.29, 1.82) is 0 Å². The fourth-order valence-electron chi connectivity index (χ4n) is 1.51. The number of methoxy groups -OCH3 is 1. The van der Waals surface area contributed by atoms with Crippen LogP contribution < -0.4 is 5.32 Å². The van der Waals surface area contributed by atoms with Gasteiger partial charge >= 0.3 is 5.97 Å². The number of carbonyl (C=O) groups excluding carboxylic acids is 1. The summed E-state index contributed by atoms with van der Waals surface area (Å²) in [6, 6.07) is 3.33. The Morgan fingerprint density at radius 3 is 2.84 bits per heavy atom. The minimum atomic E-state index is -0.476. The average molecular weight is 261 g/mol. The van der Waals surface area contributed by atoms with Gasteiger partial charge in [-0.05, 0) is 19.1 Å². The molecule has 0 unspecified atom stereocenters. The van der Waals surface area contributed by atoms with E-state index in [4.69, 9.17) is 4.42 Å². The molecule has 2 aromatic heterocycles. The summed E-state index contributed by atoms with van der Waals surface area (Å²) in [6.45, 7) is 2.98. The van der Waals surface area contributed by atoms with Gasteiger partial charge in [0.2, 0.25) is 5.76 Å². The lowest BCUT2D eigenvalue weighted by Crippen LogP contribution is -2.13. The van der Waals surface area contributed by atoms with Crippen LogP contribution in [0, 0.1) is 6.92 Å².